The molecular formula is C15H13F2N3O2S. The van der Waals surface area contributed by atoms with Gasteiger partial charge in [0.2, 0.25) is 0 Å². The molecule has 8 heteroatoms. The molecule has 0 aliphatic carbocycles. The van der Waals surface area contributed by atoms with Gasteiger partial charge in [-0.15, -0.1) is 16.4 Å². The van der Waals surface area contributed by atoms with E-state index in [4.69, 9.17) is 4.42 Å². The highest BCUT2D eigenvalue weighted by molar-refractivity contribution is 7.13. The number of halogens is 2. The maximum absolute atomic E-state index is 13.7. The van der Waals surface area contributed by atoms with Crippen LogP contribution < -0.4 is 5.76 Å². The molecule has 0 amide bonds. The first kappa shape index (κ1) is 15.6. The number of hydrogen-bond acceptors (Lipinski definition) is 5. The van der Waals surface area contributed by atoms with Crippen LogP contribution in [0.1, 0.15) is 5.56 Å². The molecule has 0 saturated carbocycles. The summed E-state index contributed by atoms with van der Waals surface area (Å²) in [5.41, 5.74) is 0.337. The van der Waals surface area contributed by atoms with Gasteiger partial charge in [0.25, 0.3) is 5.89 Å². The highest BCUT2D eigenvalue weighted by Gasteiger charge is 2.13. The van der Waals surface area contributed by atoms with Crippen LogP contribution in [0.5, 0.6) is 0 Å². The van der Waals surface area contributed by atoms with Crippen LogP contribution in [0.4, 0.5) is 8.78 Å². The van der Waals surface area contributed by atoms with Crippen molar-refractivity contribution in [1.82, 2.24) is 14.7 Å². The Labute approximate surface area is 134 Å². The zero-order chi connectivity index (χ0) is 16.4. The van der Waals surface area contributed by atoms with Gasteiger partial charge in [0, 0.05) is 18.2 Å². The molecule has 3 rings (SSSR count). The van der Waals surface area contributed by atoms with Crippen molar-refractivity contribution in [2.45, 2.75) is 13.2 Å². The maximum atomic E-state index is 13.7. The van der Waals surface area contributed by atoms with Crippen LogP contribution in [0, 0.1) is 11.6 Å². The van der Waals surface area contributed by atoms with Gasteiger partial charge in [-0.3, -0.25) is 4.90 Å². The van der Waals surface area contributed by atoms with E-state index in [2.05, 4.69) is 5.10 Å². The summed E-state index contributed by atoms with van der Waals surface area (Å²) in [5.74, 6) is -1.57. The SMILES string of the molecule is CN(Cc1ccc(F)cc1F)Cn1nc(-c2cccs2)oc1=O. The van der Waals surface area contributed by atoms with Gasteiger partial charge in [-0.05, 0) is 24.6 Å². The van der Waals surface area contributed by atoms with Crippen LogP contribution in [0.3, 0.4) is 0 Å². The van der Waals surface area contributed by atoms with Crippen molar-refractivity contribution in [3.05, 3.63) is 63.5 Å². The van der Waals surface area contributed by atoms with Crippen LogP contribution in [0.2, 0.25) is 0 Å². The predicted molar refractivity (Wildman–Crippen MR) is 81.9 cm³/mol. The highest BCUT2D eigenvalue weighted by atomic mass is 32.1. The van der Waals surface area contributed by atoms with Crippen molar-refractivity contribution < 1.29 is 13.2 Å². The average Bonchev–Trinajstić information content (AvgIpc) is 3.13. The molecule has 0 aliphatic heterocycles. The summed E-state index contributed by atoms with van der Waals surface area (Å²) >= 11 is 1.42. The minimum absolute atomic E-state index is 0.129. The van der Waals surface area contributed by atoms with E-state index in [1.165, 1.54) is 23.5 Å². The monoisotopic (exact) mass is 337 g/mol. The molecule has 0 spiro atoms. The van der Waals surface area contributed by atoms with Gasteiger partial charge >= 0.3 is 5.76 Å². The van der Waals surface area contributed by atoms with Crippen LogP contribution in [-0.4, -0.2) is 21.7 Å². The van der Waals surface area contributed by atoms with E-state index >= 15 is 0 Å². The maximum Gasteiger partial charge on any atom is 0.438 e. The Bertz CT molecular complexity index is 858. The van der Waals surface area contributed by atoms with Crippen LogP contribution in [-0.2, 0) is 13.2 Å². The Morgan fingerprint density at radius 1 is 1.35 bits per heavy atom. The van der Waals surface area contributed by atoms with Gasteiger partial charge in [0.05, 0.1) is 4.88 Å². The minimum Gasteiger partial charge on any atom is -0.387 e. The van der Waals surface area contributed by atoms with Crippen LogP contribution >= 0.6 is 11.3 Å². The molecule has 0 saturated heterocycles. The molecule has 0 radical (unpaired) electrons. The Kier molecular flexibility index (Phi) is 4.35. The normalized spacial score (nSPS) is 11.3. The number of benzene rings is 1. The van der Waals surface area contributed by atoms with Gasteiger partial charge in [-0.2, -0.15) is 4.68 Å². The second-order valence-electron chi connectivity index (χ2n) is 5.04. The van der Waals surface area contributed by atoms with Crippen molar-refractivity contribution in [2.75, 3.05) is 7.05 Å². The highest BCUT2D eigenvalue weighted by Crippen LogP contribution is 2.21. The molecule has 120 valence electrons. The van der Waals surface area contributed by atoms with Crippen LogP contribution in [0.15, 0.2) is 44.9 Å². The van der Waals surface area contributed by atoms with E-state index in [9.17, 15) is 13.6 Å². The molecule has 0 fully saturated rings. The summed E-state index contributed by atoms with van der Waals surface area (Å²) < 4.78 is 32.8. The van der Waals surface area contributed by atoms with E-state index in [0.717, 1.165) is 15.6 Å². The van der Waals surface area contributed by atoms with Gasteiger partial charge in [0.15, 0.2) is 0 Å². The van der Waals surface area contributed by atoms with Gasteiger partial charge in [-0.25, -0.2) is 13.6 Å². The second kappa shape index (κ2) is 6.43. The quantitative estimate of drug-likeness (QED) is 0.718. The fourth-order valence-electron chi connectivity index (χ4n) is 2.11. The summed E-state index contributed by atoms with van der Waals surface area (Å²) in [6.07, 6.45) is 0. The summed E-state index contributed by atoms with van der Waals surface area (Å²) in [4.78, 5) is 14.3. The van der Waals surface area contributed by atoms with Crippen molar-refractivity contribution in [1.29, 1.82) is 0 Å². The van der Waals surface area contributed by atoms with Crippen molar-refractivity contribution in [2.24, 2.45) is 0 Å². The van der Waals surface area contributed by atoms with Crippen molar-refractivity contribution in [3.63, 3.8) is 0 Å². The molecule has 2 aromatic heterocycles. The first-order valence-electron chi connectivity index (χ1n) is 6.77. The number of rotatable bonds is 5. The van der Waals surface area contributed by atoms with Gasteiger partial charge in [-0.1, -0.05) is 12.1 Å². The third-order valence-corrected chi connectivity index (χ3v) is 4.03. The number of hydrogen-bond donors (Lipinski definition) is 0. The molecule has 2 heterocycles. The van der Waals surface area contributed by atoms with Gasteiger partial charge < -0.3 is 4.42 Å². The number of nitrogens with zero attached hydrogens (tertiary/aromatic N) is 3. The third kappa shape index (κ3) is 3.54. The third-order valence-electron chi connectivity index (χ3n) is 3.17. The average molecular weight is 337 g/mol. The fraction of sp³-hybridized carbons (Fsp3) is 0.200. The second-order valence-corrected chi connectivity index (χ2v) is 5.99. The first-order chi connectivity index (χ1) is 11.0. The Hall–Kier alpha value is -2.32. The summed E-state index contributed by atoms with van der Waals surface area (Å²) in [7, 11) is 1.70. The lowest BCUT2D eigenvalue weighted by atomic mass is 10.2. The standard InChI is InChI=1S/C15H13F2N3O2S/c1-19(8-10-4-5-11(16)7-12(10)17)9-20-15(21)22-14(18-20)13-3-2-6-23-13/h2-7H,8-9H2,1H3. The fourth-order valence-corrected chi connectivity index (χ4v) is 2.76. The lowest BCUT2D eigenvalue weighted by Crippen LogP contribution is -2.28. The molecule has 5 nitrogen and oxygen atoms in total. The Morgan fingerprint density at radius 2 is 2.17 bits per heavy atom. The number of aromatic nitrogens is 2. The van der Waals surface area contributed by atoms with E-state index in [1.807, 2.05) is 11.4 Å². The molecule has 0 atom stereocenters. The smallest absolute Gasteiger partial charge is 0.387 e. The molecule has 0 bridgehead atoms. The summed E-state index contributed by atoms with van der Waals surface area (Å²) in [6, 6.07) is 7.05. The largest absolute Gasteiger partial charge is 0.438 e. The zero-order valence-corrected chi connectivity index (χ0v) is 13.0. The van der Waals surface area contributed by atoms with E-state index in [1.54, 1.807) is 18.0 Å². The molecule has 0 aliphatic rings. The van der Waals surface area contributed by atoms with Crippen molar-refractivity contribution >= 4 is 11.3 Å². The lowest BCUT2D eigenvalue weighted by Gasteiger charge is -2.15. The zero-order valence-electron chi connectivity index (χ0n) is 12.2. The van der Waals surface area contributed by atoms with Crippen molar-refractivity contribution in [3.8, 4) is 10.8 Å². The van der Waals surface area contributed by atoms with E-state index in [0.29, 0.717) is 5.56 Å². The first-order valence-corrected chi connectivity index (χ1v) is 7.65. The van der Waals surface area contributed by atoms with E-state index < -0.39 is 17.4 Å². The molecule has 23 heavy (non-hydrogen) atoms. The molecule has 1 aromatic carbocycles. The predicted octanol–water partition coefficient (Wildman–Crippen LogP) is 2.93. The molecular weight excluding hydrogens is 324 g/mol. The number of thiophene rings is 1. The van der Waals surface area contributed by atoms with Gasteiger partial charge in [0.1, 0.15) is 18.3 Å². The topological polar surface area (TPSA) is 51.3 Å². The molecule has 0 N–H and O–H groups in total. The minimum atomic E-state index is -0.623. The van der Waals surface area contributed by atoms with E-state index in [-0.39, 0.29) is 19.1 Å². The molecule has 0 unspecified atom stereocenters. The van der Waals surface area contributed by atoms with Crippen LogP contribution in [0.25, 0.3) is 10.8 Å². The lowest BCUT2D eigenvalue weighted by molar-refractivity contribution is 0.234. The summed E-state index contributed by atoms with van der Waals surface area (Å²) in [5, 5.41) is 5.98. The summed E-state index contributed by atoms with van der Waals surface area (Å²) in [6.45, 7) is 0.338. The Balaban J connectivity index is 1.73. The Morgan fingerprint density at radius 3 is 2.87 bits per heavy atom. The molecule has 3 aromatic rings.